The van der Waals surface area contributed by atoms with Crippen LogP contribution in [0.15, 0.2) is 0 Å². The Bertz CT molecular complexity index is 462. The van der Waals surface area contributed by atoms with Crippen molar-refractivity contribution in [1.29, 1.82) is 0 Å². The first-order valence-corrected chi connectivity index (χ1v) is 9.22. The summed E-state index contributed by atoms with van der Waals surface area (Å²) in [6.45, 7) is 11.2. The Morgan fingerprint density at radius 3 is 2.26 bits per heavy atom. The molecule has 1 N–H and O–H groups in total. The van der Waals surface area contributed by atoms with Crippen LogP contribution in [0, 0.1) is 16.7 Å². The minimum absolute atomic E-state index is 0.278. The maximum atomic E-state index is 11.8. The fourth-order valence-electron chi connectivity index (χ4n) is 4.29. The smallest absolute Gasteiger partial charge is 0.153 e. The number of hydrogen-bond acceptors (Lipinski definition) is 3. The molecule has 2 fully saturated rings. The Morgan fingerprint density at radius 1 is 1.26 bits per heavy atom. The first-order valence-electron chi connectivity index (χ1n) is 7.33. The van der Waals surface area contributed by atoms with E-state index in [0.29, 0.717) is 18.0 Å². The lowest BCUT2D eigenvalue weighted by atomic mass is 9.68. The highest BCUT2D eigenvalue weighted by Crippen LogP contribution is 2.62. The van der Waals surface area contributed by atoms with Gasteiger partial charge >= 0.3 is 0 Å². The third kappa shape index (κ3) is 2.35. The van der Waals surface area contributed by atoms with E-state index in [1.165, 1.54) is 25.5 Å². The molecule has 19 heavy (non-hydrogen) atoms. The van der Waals surface area contributed by atoms with Crippen LogP contribution >= 0.6 is 0 Å². The average Bonchev–Trinajstić information content (AvgIpc) is 2.66. The van der Waals surface area contributed by atoms with E-state index in [-0.39, 0.29) is 5.41 Å². The highest BCUT2D eigenvalue weighted by molar-refractivity contribution is 7.92. The molecule has 0 aromatic rings. The fraction of sp³-hybridized carbons (Fsp3) is 1.00. The van der Waals surface area contributed by atoms with Crippen molar-refractivity contribution in [2.45, 2.75) is 64.7 Å². The van der Waals surface area contributed by atoms with E-state index in [4.69, 9.17) is 0 Å². The van der Waals surface area contributed by atoms with E-state index in [1.807, 2.05) is 13.8 Å². The first kappa shape index (κ1) is 15.3. The second-order valence-corrected chi connectivity index (χ2v) is 10.9. The number of hydrogen-bond donors (Lipinski definition) is 1. The van der Waals surface area contributed by atoms with Gasteiger partial charge in [-0.3, -0.25) is 0 Å². The number of sulfone groups is 1. The SMILES string of the molecule is CC12CCC(C1)C(C)(C)C2NCC(C)(C)S(C)(=O)=O. The molecule has 3 unspecified atom stereocenters. The standard InChI is InChI=1S/C15H29NO2S/c1-13(2,19(6,17)18)10-16-12-14(3,4)11-7-8-15(12,5)9-11/h11-12,16H,7-10H2,1-6H3. The average molecular weight is 287 g/mol. The van der Waals surface area contributed by atoms with Gasteiger partial charge in [-0.15, -0.1) is 0 Å². The second-order valence-electron chi connectivity index (χ2n) is 8.26. The lowest BCUT2D eigenvalue weighted by Crippen LogP contribution is -2.54. The quantitative estimate of drug-likeness (QED) is 0.864. The molecule has 2 bridgehead atoms. The van der Waals surface area contributed by atoms with Gasteiger partial charge in [0.1, 0.15) is 0 Å². The Morgan fingerprint density at radius 2 is 1.84 bits per heavy atom. The molecule has 0 aliphatic heterocycles. The molecule has 0 amide bonds. The molecule has 0 aromatic heterocycles. The van der Waals surface area contributed by atoms with Crippen molar-refractivity contribution in [3.8, 4) is 0 Å². The van der Waals surface area contributed by atoms with Crippen LogP contribution in [0.5, 0.6) is 0 Å². The van der Waals surface area contributed by atoms with E-state index in [1.54, 1.807) is 0 Å². The van der Waals surface area contributed by atoms with Crippen molar-refractivity contribution in [2.24, 2.45) is 16.7 Å². The van der Waals surface area contributed by atoms with Crippen LogP contribution in [0.4, 0.5) is 0 Å². The fourth-order valence-corrected chi connectivity index (χ4v) is 4.64. The molecule has 2 saturated carbocycles. The summed E-state index contributed by atoms with van der Waals surface area (Å²) in [4.78, 5) is 0. The minimum Gasteiger partial charge on any atom is -0.311 e. The number of nitrogens with one attached hydrogen (secondary N) is 1. The summed E-state index contributed by atoms with van der Waals surface area (Å²) in [5, 5.41) is 3.61. The van der Waals surface area contributed by atoms with Crippen molar-refractivity contribution in [3.63, 3.8) is 0 Å². The highest BCUT2D eigenvalue weighted by atomic mass is 32.2. The molecule has 0 radical (unpaired) electrons. The highest BCUT2D eigenvalue weighted by Gasteiger charge is 2.59. The largest absolute Gasteiger partial charge is 0.311 e. The first-order chi connectivity index (χ1) is 8.40. The zero-order valence-corrected chi connectivity index (χ0v) is 14.0. The lowest BCUT2D eigenvalue weighted by Gasteiger charge is -2.44. The summed E-state index contributed by atoms with van der Waals surface area (Å²) in [6, 6.07) is 0.430. The second kappa shape index (κ2) is 4.20. The molecule has 2 aliphatic rings. The van der Waals surface area contributed by atoms with Gasteiger partial charge in [0.2, 0.25) is 0 Å². The molecule has 0 aromatic carbocycles. The predicted molar refractivity (Wildman–Crippen MR) is 79.9 cm³/mol. The molecule has 0 heterocycles. The molecule has 112 valence electrons. The zero-order valence-electron chi connectivity index (χ0n) is 13.2. The van der Waals surface area contributed by atoms with Gasteiger partial charge in [0.25, 0.3) is 0 Å². The molecule has 3 nitrogen and oxygen atoms in total. The van der Waals surface area contributed by atoms with E-state index >= 15 is 0 Å². The summed E-state index contributed by atoms with van der Waals surface area (Å²) in [5.74, 6) is 0.788. The summed E-state index contributed by atoms with van der Waals surface area (Å²) < 4.78 is 22.9. The van der Waals surface area contributed by atoms with Crippen molar-refractivity contribution >= 4 is 9.84 Å². The van der Waals surface area contributed by atoms with Crippen LogP contribution in [0.2, 0.25) is 0 Å². The van der Waals surface area contributed by atoms with E-state index in [0.717, 1.165) is 5.92 Å². The van der Waals surface area contributed by atoms with Crippen LogP contribution in [-0.4, -0.2) is 32.0 Å². The molecule has 2 aliphatic carbocycles. The normalized spacial score (nSPS) is 37.8. The van der Waals surface area contributed by atoms with Gasteiger partial charge in [0.05, 0.1) is 4.75 Å². The maximum Gasteiger partial charge on any atom is 0.153 e. The van der Waals surface area contributed by atoms with Crippen molar-refractivity contribution in [2.75, 3.05) is 12.8 Å². The molecule has 2 rings (SSSR count). The van der Waals surface area contributed by atoms with Crippen LogP contribution < -0.4 is 5.32 Å². The number of rotatable bonds is 4. The van der Waals surface area contributed by atoms with E-state index < -0.39 is 14.6 Å². The summed E-state index contributed by atoms with van der Waals surface area (Å²) in [7, 11) is -3.03. The third-order valence-corrected chi connectivity index (χ3v) is 8.16. The molecule has 4 heteroatoms. The Labute approximate surface area is 118 Å². The van der Waals surface area contributed by atoms with Crippen LogP contribution in [0.3, 0.4) is 0 Å². The predicted octanol–water partition coefficient (Wildman–Crippen LogP) is 2.61. The Hall–Kier alpha value is -0.0900. The van der Waals surface area contributed by atoms with Gasteiger partial charge in [-0.2, -0.15) is 0 Å². The molecule has 0 spiro atoms. The van der Waals surface area contributed by atoms with Crippen LogP contribution in [-0.2, 0) is 9.84 Å². The summed E-state index contributed by atoms with van der Waals surface area (Å²) >= 11 is 0. The minimum atomic E-state index is -3.03. The Balaban J connectivity index is 2.12. The van der Waals surface area contributed by atoms with Crippen LogP contribution in [0.25, 0.3) is 0 Å². The topological polar surface area (TPSA) is 46.2 Å². The van der Waals surface area contributed by atoms with Gasteiger partial charge in [-0.25, -0.2) is 8.42 Å². The Kier molecular flexibility index (Phi) is 3.38. The zero-order chi connectivity index (χ0) is 14.7. The van der Waals surface area contributed by atoms with Crippen molar-refractivity contribution in [1.82, 2.24) is 5.32 Å². The number of fused-ring (bicyclic) bond motifs is 2. The van der Waals surface area contributed by atoms with Gasteiger partial charge in [0, 0.05) is 18.8 Å². The van der Waals surface area contributed by atoms with Gasteiger partial charge < -0.3 is 5.32 Å². The third-order valence-electron chi connectivity index (χ3n) is 6.01. The van der Waals surface area contributed by atoms with Crippen LogP contribution in [0.1, 0.15) is 53.9 Å². The van der Waals surface area contributed by atoms with E-state index in [9.17, 15) is 8.42 Å². The molecule has 0 saturated heterocycles. The molecular weight excluding hydrogens is 258 g/mol. The molecule has 3 atom stereocenters. The molecular formula is C15H29NO2S. The summed E-state index contributed by atoms with van der Waals surface area (Å²) in [5.41, 5.74) is 0.627. The van der Waals surface area contributed by atoms with Gasteiger partial charge in [0.15, 0.2) is 9.84 Å². The van der Waals surface area contributed by atoms with E-state index in [2.05, 4.69) is 26.1 Å². The lowest BCUT2D eigenvalue weighted by molar-refractivity contribution is 0.107. The van der Waals surface area contributed by atoms with Gasteiger partial charge in [-0.05, 0) is 49.9 Å². The van der Waals surface area contributed by atoms with Crippen molar-refractivity contribution in [3.05, 3.63) is 0 Å². The monoisotopic (exact) mass is 287 g/mol. The maximum absolute atomic E-state index is 11.8. The van der Waals surface area contributed by atoms with Crippen molar-refractivity contribution < 1.29 is 8.42 Å². The summed E-state index contributed by atoms with van der Waals surface area (Å²) in [6.07, 6.45) is 5.23. The van der Waals surface area contributed by atoms with Gasteiger partial charge in [-0.1, -0.05) is 20.8 Å².